The van der Waals surface area contributed by atoms with Gasteiger partial charge in [0.15, 0.2) is 5.76 Å². The summed E-state index contributed by atoms with van der Waals surface area (Å²) in [5.74, 6) is -2.00. The zero-order chi connectivity index (χ0) is 21.7. The second-order valence-corrected chi connectivity index (χ2v) is 7.82. The van der Waals surface area contributed by atoms with Crippen LogP contribution in [0.4, 0.5) is 4.39 Å². The Morgan fingerprint density at radius 3 is 2.63 bits per heavy atom. The molecule has 0 fully saturated rings. The van der Waals surface area contributed by atoms with Crippen LogP contribution in [0.15, 0.2) is 53.8 Å². The van der Waals surface area contributed by atoms with Crippen LogP contribution in [0.25, 0.3) is 0 Å². The first kappa shape index (κ1) is 22.1. The number of hydrogen-bond donors (Lipinski definition) is 2. The van der Waals surface area contributed by atoms with Gasteiger partial charge in [-0.25, -0.2) is 4.39 Å². The molecule has 0 saturated carbocycles. The maximum absolute atomic E-state index is 13.7. The van der Waals surface area contributed by atoms with Gasteiger partial charge in [0.05, 0.1) is 22.2 Å². The number of aliphatic hydroxyl groups excluding tert-OH is 1. The van der Waals surface area contributed by atoms with Crippen molar-refractivity contribution in [3.8, 4) is 0 Å². The van der Waals surface area contributed by atoms with Crippen molar-refractivity contribution in [2.75, 3.05) is 19.6 Å². The molecule has 0 saturated heterocycles. The lowest BCUT2D eigenvalue weighted by molar-refractivity contribution is -0.127. The predicted octanol–water partition coefficient (Wildman–Crippen LogP) is 4.08. The van der Waals surface area contributed by atoms with E-state index in [9.17, 15) is 19.1 Å². The van der Waals surface area contributed by atoms with Crippen molar-refractivity contribution >= 4 is 35.0 Å². The minimum atomic E-state index is -0.618. The van der Waals surface area contributed by atoms with E-state index in [1.165, 1.54) is 11.0 Å². The number of benzene rings is 2. The van der Waals surface area contributed by atoms with Crippen LogP contribution in [0.3, 0.4) is 0 Å². The zero-order valence-electron chi connectivity index (χ0n) is 16.1. The molecular formula is C22H21Cl2FN2O3. The summed E-state index contributed by atoms with van der Waals surface area (Å²) in [5, 5.41) is 13.8. The number of aryl methyl sites for hydroxylation is 1. The van der Waals surface area contributed by atoms with E-state index in [0.29, 0.717) is 41.4 Å². The fourth-order valence-electron chi connectivity index (χ4n) is 3.23. The monoisotopic (exact) mass is 450 g/mol. The van der Waals surface area contributed by atoms with Gasteiger partial charge < -0.3 is 15.3 Å². The third kappa shape index (κ3) is 5.32. The molecule has 2 aromatic carbocycles. The molecule has 1 aliphatic rings. The summed E-state index contributed by atoms with van der Waals surface area (Å²) >= 11 is 11.9. The van der Waals surface area contributed by atoms with E-state index in [1.807, 2.05) is 6.07 Å². The maximum atomic E-state index is 13.7. The largest absolute Gasteiger partial charge is 0.503 e. The van der Waals surface area contributed by atoms with Crippen molar-refractivity contribution in [2.24, 2.45) is 0 Å². The Hall–Kier alpha value is -2.57. The van der Waals surface area contributed by atoms with Gasteiger partial charge in [-0.05, 0) is 48.6 Å². The number of hydrogen-bond acceptors (Lipinski definition) is 3. The van der Waals surface area contributed by atoms with E-state index < -0.39 is 17.6 Å². The Morgan fingerprint density at radius 1 is 1.13 bits per heavy atom. The average molecular weight is 451 g/mol. The molecule has 8 heteroatoms. The number of rotatable bonds is 8. The van der Waals surface area contributed by atoms with Gasteiger partial charge in [-0.3, -0.25) is 9.59 Å². The molecule has 3 rings (SSSR count). The topological polar surface area (TPSA) is 69.6 Å². The normalized spacial score (nSPS) is 13.8. The van der Waals surface area contributed by atoms with Crippen LogP contribution in [0.2, 0.25) is 10.0 Å². The van der Waals surface area contributed by atoms with Gasteiger partial charge in [0.25, 0.3) is 11.8 Å². The van der Waals surface area contributed by atoms with E-state index in [1.54, 1.807) is 30.3 Å². The summed E-state index contributed by atoms with van der Waals surface area (Å²) in [4.78, 5) is 25.9. The molecule has 1 aliphatic heterocycles. The summed E-state index contributed by atoms with van der Waals surface area (Å²) in [6.45, 7) is 0.578. The molecule has 0 unspecified atom stereocenters. The number of amides is 2. The molecule has 2 amide bonds. The number of carbonyl (C=O) groups excluding carboxylic acids is 2. The molecule has 0 radical (unpaired) electrons. The highest BCUT2D eigenvalue weighted by Gasteiger charge is 2.33. The Kier molecular flexibility index (Phi) is 7.34. The smallest absolute Gasteiger partial charge is 0.289 e. The minimum absolute atomic E-state index is 0.00224. The van der Waals surface area contributed by atoms with Crippen molar-refractivity contribution in [3.63, 3.8) is 0 Å². The molecular weight excluding hydrogens is 430 g/mol. The molecule has 0 aromatic heterocycles. The Bertz CT molecular complexity index is 994. The summed E-state index contributed by atoms with van der Waals surface area (Å²) in [7, 11) is 0. The Labute approximate surface area is 184 Å². The van der Waals surface area contributed by atoms with Crippen molar-refractivity contribution in [1.29, 1.82) is 0 Å². The van der Waals surface area contributed by atoms with Crippen LogP contribution in [0.1, 0.15) is 17.5 Å². The summed E-state index contributed by atoms with van der Waals surface area (Å²) in [6.07, 6.45) is 1.64. The quantitative estimate of drug-likeness (QED) is 0.595. The molecule has 2 aromatic rings. The van der Waals surface area contributed by atoms with Crippen LogP contribution in [0, 0.1) is 5.82 Å². The van der Waals surface area contributed by atoms with Crippen molar-refractivity contribution < 1.29 is 19.1 Å². The third-order valence-corrected chi connectivity index (χ3v) is 5.66. The van der Waals surface area contributed by atoms with Crippen LogP contribution < -0.4 is 5.32 Å². The van der Waals surface area contributed by atoms with Crippen molar-refractivity contribution in [2.45, 2.75) is 19.3 Å². The molecule has 158 valence electrons. The summed E-state index contributed by atoms with van der Waals surface area (Å²) in [6, 6.07) is 11.7. The second-order valence-electron chi connectivity index (χ2n) is 7.00. The zero-order valence-corrected chi connectivity index (χ0v) is 17.6. The lowest BCUT2D eigenvalue weighted by atomic mass is 10.1. The highest BCUT2D eigenvalue weighted by atomic mass is 35.5. The lowest BCUT2D eigenvalue weighted by Gasteiger charge is -2.16. The van der Waals surface area contributed by atoms with Crippen LogP contribution in [-0.4, -0.2) is 41.5 Å². The maximum Gasteiger partial charge on any atom is 0.289 e. The predicted molar refractivity (Wildman–Crippen MR) is 114 cm³/mol. The number of nitrogens with one attached hydrogen (secondary N) is 1. The van der Waals surface area contributed by atoms with Gasteiger partial charge >= 0.3 is 0 Å². The SMILES string of the molecule is O=C(NCCCc1ccc(Cl)c(Cl)c1)C1=C(O)C(=O)N(CCc2ccccc2F)C1. The van der Waals surface area contributed by atoms with E-state index in [0.717, 1.165) is 5.56 Å². The number of aliphatic hydroxyl groups is 1. The van der Waals surface area contributed by atoms with Gasteiger partial charge in [0, 0.05) is 13.1 Å². The van der Waals surface area contributed by atoms with Crippen molar-refractivity contribution in [1.82, 2.24) is 10.2 Å². The lowest BCUT2D eigenvalue weighted by Crippen LogP contribution is -2.32. The van der Waals surface area contributed by atoms with E-state index in [2.05, 4.69) is 5.32 Å². The average Bonchev–Trinajstić information content (AvgIpc) is 3.01. The van der Waals surface area contributed by atoms with E-state index in [4.69, 9.17) is 23.2 Å². The molecule has 2 N–H and O–H groups in total. The number of halogens is 3. The van der Waals surface area contributed by atoms with Crippen molar-refractivity contribution in [3.05, 3.63) is 80.8 Å². The summed E-state index contributed by atoms with van der Waals surface area (Å²) < 4.78 is 13.7. The van der Waals surface area contributed by atoms with Gasteiger partial charge in [-0.1, -0.05) is 47.5 Å². The van der Waals surface area contributed by atoms with Gasteiger partial charge in [-0.15, -0.1) is 0 Å². The highest BCUT2D eigenvalue weighted by Crippen LogP contribution is 2.23. The Morgan fingerprint density at radius 2 is 1.90 bits per heavy atom. The van der Waals surface area contributed by atoms with Crippen LogP contribution >= 0.6 is 23.2 Å². The molecule has 0 aliphatic carbocycles. The Balaban J connectivity index is 1.47. The molecule has 1 heterocycles. The molecule has 30 heavy (non-hydrogen) atoms. The summed E-state index contributed by atoms with van der Waals surface area (Å²) in [5.41, 5.74) is 1.50. The molecule has 0 bridgehead atoms. The highest BCUT2D eigenvalue weighted by molar-refractivity contribution is 6.42. The number of carbonyl (C=O) groups is 2. The molecule has 0 spiro atoms. The fourth-order valence-corrected chi connectivity index (χ4v) is 3.55. The van der Waals surface area contributed by atoms with Gasteiger partial charge in [0.2, 0.25) is 0 Å². The minimum Gasteiger partial charge on any atom is -0.503 e. The first-order valence-corrected chi connectivity index (χ1v) is 10.3. The van der Waals surface area contributed by atoms with E-state index >= 15 is 0 Å². The fraction of sp³-hybridized carbons (Fsp3) is 0.273. The van der Waals surface area contributed by atoms with Crippen LogP contribution in [0.5, 0.6) is 0 Å². The first-order chi connectivity index (χ1) is 14.4. The van der Waals surface area contributed by atoms with Gasteiger partial charge in [-0.2, -0.15) is 0 Å². The first-order valence-electron chi connectivity index (χ1n) is 9.53. The van der Waals surface area contributed by atoms with Gasteiger partial charge in [0.1, 0.15) is 5.82 Å². The van der Waals surface area contributed by atoms with E-state index in [-0.39, 0.29) is 24.5 Å². The molecule has 0 atom stereocenters. The molecule has 5 nitrogen and oxygen atoms in total. The third-order valence-electron chi connectivity index (χ3n) is 4.92. The standard InChI is InChI=1S/C22H21Cl2FN2O3/c23-17-8-7-14(12-18(17)24)4-3-10-26-21(29)16-13-27(22(30)20(16)28)11-9-15-5-1-2-6-19(15)25/h1-2,5-8,12,28H,3-4,9-11,13H2,(H,26,29). The number of nitrogens with zero attached hydrogens (tertiary/aromatic N) is 1. The van der Waals surface area contributed by atoms with Crippen LogP contribution in [-0.2, 0) is 22.4 Å². The second kappa shape index (κ2) is 9.96.